The summed E-state index contributed by atoms with van der Waals surface area (Å²) >= 11 is 0. The molecule has 2 amide bonds. The molecule has 8 heteroatoms. The summed E-state index contributed by atoms with van der Waals surface area (Å²) in [6.07, 6.45) is 7.39. The normalized spacial score (nSPS) is 18.7. The minimum atomic E-state index is -0.222. The number of anilines is 4. The molecule has 0 aromatic carbocycles. The SMILES string of the molecule is CC.CC1CCCN(c2ccc3c(n2)N(C(=O)Nc2ccncn2)CCCCN3)C1. The third kappa shape index (κ3) is 5.37. The highest BCUT2D eigenvalue weighted by atomic mass is 16.2. The molecule has 0 saturated carbocycles. The van der Waals surface area contributed by atoms with Gasteiger partial charge in [-0.2, -0.15) is 0 Å². The molecule has 1 saturated heterocycles. The molecule has 30 heavy (non-hydrogen) atoms. The summed E-state index contributed by atoms with van der Waals surface area (Å²) in [5, 5.41) is 6.29. The van der Waals surface area contributed by atoms with Crippen molar-refractivity contribution in [2.75, 3.05) is 46.6 Å². The van der Waals surface area contributed by atoms with Gasteiger partial charge in [-0.15, -0.1) is 0 Å². The second kappa shape index (κ2) is 10.8. The van der Waals surface area contributed by atoms with Crippen LogP contribution in [0.2, 0.25) is 0 Å². The van der Waals surface area contributed by atoms with Crippen LogP contribution in [0.3, 0.4) is 0 Å². The van der Waals surface area contributed by atoms with Gasteiger partial charge in [0, 0.05) is 32.4 Å². The Hall–Kier alpha value is -2.90. The molecule has 8 nitrogen and oxygen atoms in total. The van der Waals surface area contributed by atoms with Gasteiger partial charge in [0.05, 0.1) is 5.69 Å². The van der Waals surface area contributed by atoms with E-state index in [0.717, 1.165) is 44.0 Å². The molecule has 0 spiro atoms. The van der Waals surface area contributed by atoms with Gasteiger partial charge < -0.3 is 10.2 Å². The summed E-state index contributed by atoms with van der Waals surface area (Å²) < 4.78 is 0. The largest absolute Gasteiger partial charge is 0.382 e. The minimum absolute atomic E-state index is 0.222. The van der Waals surface area contributed by atoms with E-state index >= 15 is 0 Å². The van der Waals surface area contributed by atoms with E-state index in [1.54, 1.807) is 17.2 Å². The Labute approximate surface area is 179 Å². The molecule has 2 aromatic heterocycles. The Morgan fingerprint density at radius 3 is 2.80 bits per heavy atom. The van der Waals surface area contributed by atoms with Crippen molar-refractivity contribution < 1.29 is 4.79 Å². The number of hydrogen-bond donors (Lipinski definition) is 2. The molecule has 4 rings (SSSR count). The molecular formula is C22H33N7O. The number of amides is 2. The van der Waals surface area contributed by atoms with Gasteiger partial charge in [0.25, 0.3) is 0 Å². The van der Waals surface area contributed by atoms with Crippen LogP contribution < -0.4 is 20.4 Å². The zero-order valence-electron chi connectivity index (χ0n) is 18.3. The summed E-state index contributed by atoms with van der Waals surface area (Å²) in [6, 6.07) is 5.57. The number of nitrogens with zero attached hydrogens (tertiary/aromatic N) is 5. The summed E-state index contributed by atoms with van der Waals surface area (Å²) in [6.45, 7) is 9.81. The van der Waals surface area contributed by atoms with E-state index in [9.17, 15) is 4.79 Å². The monoisotopic (exact) mass is 411 g/mol. The predicted molar refractivity (Wildman–Crippen MR) is 122 cm³/mol. The lowest BCUT2D eigenvalue weighted by Crippen LogP contribution is -2.39. The maximum atomic E-state index is 13.0. The number of fused-ring (bicyclic) bond motifs is 1. The van der Waals surface area contributed by atoms with Gasteiger partial charge in [-0.05, 0) is 49.8 Å². The van der Waals surface area contributed by atoms with Gasteiger partial charge in [-0.3, -0.25) is 10.2 Å². The number of rotatable bonds is 2. The van der Waals surface area contributed by atoms with Crippen molar-refractivity contribution in [3.05, 3.63) is 30.7 Å². The first-order chi connectivity index (χ1) is 14.7. The van der Waals surface area contributed by atoms with Gasteiger partial charge in [-0.1, -0.05) is 20.8 Å². The van der Waals surface area contributed by atoms with Crippen molar-refractivity contribution in [3.63, 3.8) is 0 Å². The summed E-state index contributed by atoms with van der Waals surface area (Å²) in [5.74, 6) is 2.76. The van der Waals surface area contributed by atoms with Crippen LogP contribution in [0, 0.1) is 5.92 Å². The number of piperidine rings is 1. The van der Waals surface area contributed by atoms with Crippen molar-refractivity contribution in [1.82, 2.24) is 15.0 Å². The Morgan fingerprint density at radius 1 is 1.17 bits per heavy atom. The number of aromatic nitrogens is 3. The fourth-order valence-corrected chi connectivity index (χ4v) is 3.82. The van der Waals surface area contributed by atoms with Crippen LogP contribution in [0.25, 0.3) is 0 Å². The molecule has 4 heterocycles. The molecule has 1 fully saturated rings. The standard InChI is InChI=1S/C20H27N7O.C2H6/c1-15-5-4-11-26(13-15)18-7-6-16-19(25-18)27(12-3-2-9-22-16)20(28)24-17-8-10-21-14-23-17;1-2/h6-8,10,14-15,22H,2-5,9,11-13H2,1H3,(H,21,23,24,28);1-2H3. The maximum absolute atomic E-state index is 13.0. The van der Waals surface area contributed by atoms with Gasteiger partial charge in [0.2, 0.25) is 0 Å². The zero-order valence-corrected chi connectivity index (χ0v) is 18.3. The highest BCUT2D eigenvalue weighted by Crippen LogP contribution is 2.31. The van der Waals surface area contributed by atoms with E-state index in [1.807, 2.05) is 19.9 Å². The highest BCUT2D eigenvalue weighted by molar-refractivity contribution is 6.02. The lowest BCUT2D eigenvalue weighted by Gasteiger charge is -2.33. The Bertz CT molecular complexity index is 814. The van der Waals surface area contributed by atoms with Crippen LogP contribution in [0.4, 0.5) is 27.9 Å². The van der Waals surface area contributed by atoms with E-state index < -0.39 is 0 Å². The summed E-state index contributed by atoms with van der Waals surface area (Å²) in [4.78, 5) is 30.0. The molecular weight excluding hydrogens is 378 g/mol. The van der Waals surface area contributed by atoms with Crippen molar-refractivity contribution >= 4 is 29.2 Å². The van der Waals surface area contributed by atoms with Gasteiger partial charge in [0.15, 0.2) is 5.82 Å². The van der Waals surface area contributed by atoms with Crippen LogP contribution in [0.5, 0.6) is 0 Å². The predicted octanol–water partition coefficient (Wildman–Crippen LogP) is 4.38. The van der Waals surface area contributed by atoms with Crippen LogP contribution in [0.1, 0.15) is 46.5 Å². The van der Waals surface area contributed by atoms with E-state index in [0.29, 0.717) is 24.1 Å². The Kier molecular flexibility index (Phi) is 7.82. The first-order valence-electron chi connectivity index (χ1n) is 11.0. The van der Waals surface area contributed by atoms with Crippen LogP contribution >= 0.6 is 0 Å². The molecule has 0 bridgehead atoms. The van der Waals surface area contributed by atoms with Gasteiger partial charge >= 0.3 is 6.03 Å². The average Bonchev–Trinajstić information content (AvgIpc) is 2.76. The maximum Gasteiger partial charge on any atom is 0.328 e. The van der Waals surface area contributed by atoms with E-state index in [-0.39, 0.29) is 6.03 Å². The molecule has 0 radical (unpaired) electrons. The summed E-state index contributed by atoms with van der Waals surface area (Å²) in [7, 11) is 0. The molecule has 2 N–H and O–H groups in total. The van der Waals surface area contributed by atoms with Gasteiger partial charge in [-0.25, -0.2) is 19.7 Å². The number of nitrogens with one attached hydrogen (secondary N) is 2. The average molecular weight is 412 g/mol. The third-order valence-electron chi connectivity index (χ3n) is 5.28. The minimum Gasteiger partial charge on any atom is -0.382 e. The lowest BCUT2D eigenvalue weighted by atomic mass is 10.0. The smallest absolute Gasteiger partial charge is 0.328 e. The van der Waals surface area contributed by atoms with Crippen molar-refractivity contribution in [2.24, 2.45) is 5.92 Å². The van der Waals surface area contributed by atoms with E-state index in [4.69, 9.17) is 4.98 Å². The van der Waals surface area contributed by atoms with Crippen LogP contribution in [-0.2, 0) is 0 Å². The number of pyridine rings is 1. The van der Waals surface area contributed by atoms with Crippen molar-refractivity contribution in [1.29, 1.82) is 0 Å². The fraction of sp³-hybridized carbons (Fsp3) is 0.545. The summed E-state index contributed by atoms with van der Waals surface area (Å²) in [5.41, 5.74) is 0.895. The highest BCUT2D eigenvalue weighted by Gasteiger charge is 2.25. The van der Waals surface area contributed by atoms with E-state index in [2.05, 4.69) is 38.5 Å². The zero-order chi connectivity index (χ0) is 21.3. The van der Waals surface area contributed by atoms with Crippen molar-refractivity contribution in [3.8, 4) is 0 Å². The molecule has 162 valence electrons. The number of carbonyl (C=O) groups is 1. The van der Waals surface area contributed by atoms with Crippen molar-refractivity contribution in [2.45, 2.75) is 46.5 Å². The molecule has 1 atom stereocenters. The Morgan fingerprint density at radius 2 is 2.03 bits per heavy atom. The number of hydrogen-bond acceptors (Lipinski definition) is 6. The second-order valence-corrected chi connectivity index (χ2v) is 7.54. The number of urea groups is 1. The van der Waals surface area contributed by atoms with Gasteiger partial charge in [0.1, 0.15) is 18.0 Å². The topological polar surface area (TPSA) is 86.3 Å². The first kappa shape index (κ1) is 21.8. The third-order valence-corrected chi connectivity index (χ3v) is 5.28. The quantitative estimate of drug-likeness (QED) is 0.763. The first-order valence-corrected chi connectivity index (χ1v) is 11.0. The molecule has 1 unspecified atom stereocenters. The fourth-order valence-electron chi connectivity index (χ4n) is 3.82. The molecule has 2 aliphatic rings. The molecule has 2 aliphatic heterocycles. The lowest BCUT2D eigenvalue weighted by molar-refractivity contribution is 0.256. The number of carbonyl (C=O) groups excluding carboxylic acids is 1. The molecule has 0 aliphatic carbocycles. The second-order valence-electron chi connectivity index (χ2n) is 7.54. The van der Waals surface area contributed by atoms with Crippen LogP contribution in [-0.4, -0.2) is 47.2 Å². The van der Waals surface area contributed by atoms with Crippen LogP contribution in [0.15, 0.2) is 30.7 Å². The van der Waals surface area contributed by atoms with E-state index in [1.165, 1.54) is 19.2 Å². The Balaban J connectivity index is 0.00000124. The molecule has 2 aromatic rings.